The number of nitrogens with one attached hydrogen (secondary N) is 1. The Morgan fingerprint density at radius 3 is 2.47 bits per heavy atom. The van der Waals surface area contributed by atoms with Gasteiger partial charge in [-0.15, -0.1) is 0 Å². The molecule has 2 aromatic rings. The molecule has 0 bridgehead atoms. The summed E-state index contributed by atoms with van der Waals surface area (Å²) in [4.78, 5) is 16.5. The summed E-state index contributed by atoms with van der Waals surface area (Å²) in [6.07, 6.45) is 8.11. The largest absolute Gasteiger partial charge is 0.444 e. The zero-order chi connectivity index (χ0) is 27.3. The van der Waals surface area contributed by atoms with Gasteiger partial charge in [-0.2, -0.15) is 0 Å². The zero-order valence-corrected chi connectivity index (χ0v) is 23.3. The van der Waals surface area contributed by atoms with Crippen LogP contribution in [0.15, 0.2) is 66.4 Å². The number of nitrogens with zero attached hydrogens (tertiary/aromatic N) is 3. The lowest BCUT2D eigenvalue weighted by Crippen LogP contribution is -2.50. The summed E-state index contributed by atoms with van der Waals surface area (Å²) in [5, 5.41) is 2.75. The maximum absolute atomic E-state index is 13.9. The van der Waals surface area contributed by atoms with Crippen molar-refractivity contribution in [2.24, 2.45) is 0 Å². The first-order chi connectivity index (χ1) is 18.1. The summed E-state index contributed by atoms with van der Waals surface area (Å²) >= 11 is 6.00. The second kappa shape index (κ2) is 12.0. The SMILES string of the molecule is Cc1cc(C2=CC(CN3CCN(C(=O)OC(C)(C)C)CC3)=CN(CC=Cc3ccc(Cl)cc3)N2)ccc1F. The first kappa shape index (κ1) is 27.7. The fourth-order valence-corrected chi connectivity index (χ4v) is 4.46. The van der Waals surface area contributed by atoms with E-state index < -0.39 is 5.60 Å². The second-order valence-corrected chi connectivity index (χ2v) is 11.1. The third kappa shape index (κ3) is 7.85. The molecule has 0 aliphatic carbocycles. The van der Waals surface area contributed by atoms with Gasteiger partial charge in [-0.3, -0.25) is 15.3 Å². The Balaban J connectivity index is 1.45. The fourth-order valence-electron chi connectivity index (χ4n) is 4.34. The van der Waals surface area contributed by atoms with E-state index in [-0.39, 0.29) is 11.9 Å². The normalized spacial score (nSPS) is 16.8. The number of aryl methyl sites for hydroxylation is 1. The molecule has 1 saturated heterocycles. The molecule has 1 fully saturated rings. The van der Waals surface area contributed by atoms with Crippen molar-refractivity contribution in [3.05, 3.63) is 93.9 Å². The molecule has 38 heavy (non-hydrogen) atoms. The number of hydrazine groups is 1. The van der Waals surface area contributed by atoms with Crippen LogP contribution in [0.25, 0.3) is 11.8 Å². The number of carbonyl (C=O) groups excluding carboxylic acids is 1. The third-order valence-corrected chi connectivity index (χ3v) is 6.55. The van der Waals surface area contributed by atoms with Gasteiger partial charge >= 0.3 is 6.09 Å². The molecule has 4 rings (SSSR count). The lowest BCUT2D eigenvalue weighted by atomic mass is 10.0. The minimum atomic E-state index is -0.501. The molecule has 6 nitrogen and oxygen atoms in total. The minimum Gasteiger partial charge on any atom is -0.444 e. The van der Waals surface area contributed by atoms with Crippen LogP contribution < -0.4 is 5.43 Å². The standard InChI is InChI=1S/C30H36ClFN4O2/c1-22-18-25(9-12-27(22)32)28-19-24(20-34-14-16-35(17-15-34)29(37)38-30(2,3)4)21-36(33-28)13-5-6-23-7-10-26(31)11-8-23/h5-12,18-19,21,33H,13-17,20H2,1-4H3. The van der Waals surface area contributed by atoms with Gasteiger partial charge in [0.05, 0.1) is 12.2 Å². The molecular weight excluding hydrogens is 503 g/mol. The molecule has 2 aliphatic heterocycles. The quantitative estimate of drug-likeness (QED) is 0.481. The zero-order valence-electron chi connectivity index (χ0n) is 22.5. The smallest absolute Gasteiger partial charge is 0.410 e. The van der Waals surface area contributed by atoms with Crippen molar-refractivity contribution in [1.29, 1.82) is 0 Å². The molecule has 2 aromatic carbocycles. The molecule has 0 saturated carbocycles. The van der Waals surface area contributed by atoms with Gasteiger partial charge in [-0.25, -0.2) is 9.18 Å². The van der Waals surface area contributed by atoms with E-state index in [9.17, 15) is 9.18 Å². The molecular formula is C30H36ClFN4O2. The van der Waals surface area contributed by atoms with Crippen LogP contribution >= 0.6 is 11.6 Å². The van der Waals surface area contributed by atoms with Gasteiger partial charge in [0, 0.05) is 43.9 Å². The summed E-state index contributed by atoms with van der Waals surface area (Å²) in [5.74, 6) is -0.216. The number of hydrogen-bond donors (Lipinski definition) is 1. The van der Waals surface area contributed by atoms with Gasteiger partial charge < -0.3 is 9.64 Å². The van der Waals surface area contributed by atoms with Crippen molar-refractivity contribution < 1.29 is 13.9 Å². The van der Waals surface area contributed by atoms with Crippen LogP contribution in [-0.4, -0.2) is 65.8 Å². The molecule has 202 valence electrons. The summed E-state index contributed by atoms with van der Waals surface area (Å²) in [6, 6.07) is 12.9. The summed E-state index contributed by atoms with van der Waals surface area (Å²) in [5.41, 5.74) is 7.61. The summed E-state index contributed by atoms with van der Waals surface area (Å²) in [7, 11) is 0. The van der Waals surface area contributed by atoms with Crippen LogP contribution in [0.4, 0.5) is 9.18 Å². The monoisotopic (exact) mass is 538 g/mol. The van der Waals surface area contributed by atoms with Gasteiger partial charge in [-0.1, -0.05) is 35.9 Å². The van der Waals surface area contributed by atoms with E-state index in [1.165, 1.54) is 6.07 Å². The molecule has 0 spiro atoms. The van der Waals surface area contributed by atoms with Gasteiger partial charge in [0.25, 0.3) is 0 Å². The van der Waals surface area contributed by atoms with Crippen molar-refractivity contribution in [3.63, 3.8) is 0 Å². The van der Waals surface area contributed by atoms with Crippen molar-refractivity contribution >= 4 is 29.5 Å². The number of rotatable bonds is 6. The lowest BCUT2D eigenvalue weighted by Gasteiger charge is -2.36. The number of piperazine rings is 1. The van der Waals surface area contributed by atoms with Gasteiger partial charge in [0.2, 0.25) is 0 Å². The first-order valence-corrected chi connectivity index (χ1v) is 13.3. The van der Waals surface area contributed by atoms with Gasteiger partial charge in [-0.05, 0) is 86.4 Å². The van der Waals surface area contributed by atoms with E-state index in [2.05, 4.69) is 34.8 Å². The van der Waals surface area contributed by atoms with Gasteiger partial charge in [0.1, 0.15) is 11.4 Å². The van der Waals surface area contributed by atoms with Crippen molar-refractivity contribution in [2.45, 2.75) is 33.3 Å². The number of halogens is 2. The minimum absolute atomic E-state index is 0.216. The van der Waals surface area contributed by atoms with E-state index in [1.807, 2.05) is 56.1 Å². The van der Waals surface area contributed by atoms with E-state index in [4.69, 9.17) is 16.3 Å². The first-order valence-electron chi connectivity index (χ1n) is 12.9. The van der Waals surface area contributed by atoms with Crippen LogP contribution in [0.3, 0.4) is 0 Å². The van der Waals surface area contributed by atoms with Crippen LogP contribution in [0, 0.1) is 12.7 Å². The highest BCUT2D eigenvalue weighted by Crippen LogP contribution is 2.23. The van der Waals surface area contributed by atoms with E-state index in [0.717, 1.165) is 42.0 Å². The van der Waals surface area contributed by atoms with Crippen molar-refractivity contribution in [2.75, 3.05) is 39.3 Å². The Bertz CT molecular complexity index is 1230. The van der Waals surface area contributed by atoms with Crippen molar-refractivity contribution in [3.8, 4) is 0 Å². The summed E-state index contributed by atoms with van der Waals surface area (Å²) in [6.45, 7) is 11.6. The predicted molar refractivity (Wildman–Crippen MR) is 152 cm³/mol. The molecule has 2 heterocycles. The van der Waals surface area contributed by atoms with Crippen LogP contribution in [0.1, 0.15) is 37.5 Å². The van der Waals surface area contributed by atoms with Crippen LogP contribution in [-0.2, 0) is 4.74 Å². The predicted octanol–water partition coefficient (Wildman–Crippen LogP) is 6.10. The Morgan fingerprint density at radius 1 is 1.11 bits per heavy atom. The average molecular weight is 539 g/mol. The summed E-state index contributed by atoms with van der Waals surface area (Å²) < 4.78 is 19.5. The second-order valence-electron chi connectivity index (χ2n) is 10.7. The molecule has 8 heteroatoms. The van der Waals surface area contributed by atoms with Crippen LogP contribution in [0.2, 0.25) is 5.02 Å². The molecule has 0 unspecified atom stereocenters. The number of benzene rings is 2. The lowest BCUT2D eigenvalue weighted by molar-refractivity contribution is 0.0152. The number of amides is 1. The Morgan fingerprint density at radius 2 is 1.82 bits per heavy atom. The highest BCUT2D eigenvalue weighted by Gasteiger charge is 2.26. The average Bonchev–Trinajstić information content (AvgIpc) is 2.86. The number of ether oxygens (including phenoxy) is 1. The Kier molecular flexibility index (Phi) is 8.80. The Labute approximate surface area is 230 Å². The molecule has 0 aromatic heterocycles. The molecule has 2 aliphatic rings. The molecule has 0 atom stereocenters. The van der Waals surface area contributed by atoms with Crippen molar-refractivity contribution in [1.82, 2.24) is 20.2 Å². The number of carbonyl (C=O) groups is 1. The maximum atomic E-state index is 13.9. The highest BCUT2D eigenvalue weighted by molar-refractivity contribution is 6.30. The van der Waals surface area contributed by atoms with Gasteiger partial charge in [0.15, 0.2) is 0 Å². The molecule has 1 amide bonds. The van der Waals surface area contributed by atoms with E-state index in [1.54, 1.807) is 17.9 Å². The van der Waals surface area contributed by atoms with E-state index >= 15 is 0 Å². The third-order valence-electron chi connectivity index (χ3n) is 6.30. The molecule has 0 radical (unpaired) electrons. The Hall–Kier alpha value is -3.29. The van der Waals surface area contributed by atoms with Crippen LogP contribution in [0.5, 0.6) is 0 Å². The highest BCUT2D eigenvalue weighted by atomic mass is 35.5. The number of hydrogen-bond acceptors (Lipinski definition) is 5. The maximum Gasteiger partial charge on any atom is 0.410 e. The fraction of sp³-hybridized carbons (Fsp3) is 0.367. The topological polar surface area (TPSA) is 48.1 Å². The van der Waals surface area contributed by atoms with E-state index in [0.29, 0.717) is 30.2 Å². The molecule has 1 N–H and O–H groups in total.